The standard InChI is InChI=1S/C5H10N.2C4H8N2O2.C4H9O.Co/c1-2-4-6-5-3-1;2*1-3(5-7)4(2)6-8;1-3-4(2)5;/h1-5H2;2*7-8H,1-2H3;3-5H,1-2H3;/q-1;;;-1;+2/b;2*5-3+,6-4+;;. The molecule has 0 aromatic heterocycles. The molecule has 28 heavy (non-hydrogen) atoms. The van der Waals surface area contributed by atoms with E-state index >= 15 is 0 Å². The number of aliphatic hydroxyl groups excluding tert-OH is 1. The zero-order chi connectivity index (χ0) is 21.7. The molecule has 1 aliphatic rings. The zero-order valence-electron chi connectivity index (χ0n) is 17.5. The predicted molar refractivity (Wildman–Crippen MR) is 108 cm³/mol. The van der Waals surface area contributed by atoms with Crippen molar-refractivity contribution in [2.75, 3.05) is 13.1 Å². The second-order valence-electron chi connectivity index (χ2n) is 5.55. The van der Waals surface area contributed by atoms with Gasteiger partial charge in [-0.3, -0.25) is 0 Å². The molecule has 5 N–H and O–H groups in total. The van der Waals surface area contributed by atoms with Crippen LogP contribution in [0.3, 0.4) is 0 Å². The molecule has 1 fully saturated rings. The van der Waals surface area contributed by atoms with Crippen LogP contribution in [0.4, 0.5) is 0 Å². The molecule has 1 aliphatic heterocycles. The number of piperidine rings is 1. The van der Waals surface area contributed by atoms with Gasteiger partial charge in [-0.1, -0.05) is 52.9 Å². The maximum absolute atomic E-state index is 8.31. The van der Waals surface area contributed by atoms with Crippen LogP contribution in [-0.2, 0) is 16.8 Å². The fourth-order valence-electron chi connectivity index (χ4n) is 1.03. The second-order valence-corrected chi connectivity index (χ2v) is 5.55. The average molecular weight is 448 g/mol. The minimum atomic E-state index is -0.241. The Morgan fingerprint density at radius 2 is 1.00 bits per heavy atom. The molecular weight excluding hydrogens is 413 g/mol. The molecule has 0 aromatic rings. The topological polar surface area (TPSA) is 165 Å². The third-order valence-corrected chi connectivity index (χ3v) is 3.26. The van der Waals surface area contributed by atoms with Crippen LogP contribution in [0, 0.1) is 6.42 Å². The van der Waals surface area contributed by atoms with Gasteiger partial charge in [-0.05, 0) is 27.7 Å². The SMILES string of the molecule is C1CC[N-]CC1.CC(=N\O)/C(C)=N/O.CC(=N\O)/C(C)=N/O.C[CH-]C(C)O.[Co+2]. The molecule has 167 valence electrons. The van der Waals surface area contributed by atoms with Crippen molar-refractivity contribution in [3.8, 4) is 0 Å². The molecule has 1 rings (SSSR count). The maximum Gasteiger partial charge on any atom is 2.00 e. The van der Waals surface area contributed by atoms with Crippen LogP contribution in [0.2, 0.25) is 0 Å². The van der Waals surface area contributed by atoms with Gasteiger partial charge in [0.1, 0.15) is 22.8 Å². The van der Waals surface area contributed by atoms with E-state index in [9.17, 15) is 0 Å². The van der Waals surface area contributed by atoms with Gasteiger partial charge >= 0.3 is 16.8 Å². The Bertz CT molecular complexity index is 389. The third-order valence-electron chi connectivity index (χ3n) is 3.26. The third kappa shape index (κ3) is 26.5. The molecule has 0 spiro atoms. The number of aliphatic hydroxyl groups is 1. The van der Waals surface area contributed by atoms with E-state index in [4.69, 9.17) is 25.9 Å². The van der Waals surface area contributed by atoms with Crippen LogP contribution in [0.15, 0.2) is 20.6 Å². The van der Waals surface area contributed by atoms with E-state index in [-0.39, 0.29) is 22.9 Å². The van der Waals surface area contributed by atoms with Crippen molar-refractivity contribution >= 4 is 22.8 Å². The van der Waals surface area contributed by atoms with E-state index in [2.05, 4.69) is 25.9 Å². The minimum absolute atomic E-state index is 0. The summed E-state index contributed by atoms with van der Waals surface area (Å²) < 4.78 is 0. The summed E-state index contributed by atoms with van der Waals surface area (Å²) in [5.74, 6) is 0. The Balaban J connectivity index is -0.000000138. The van der Waals surface area contributed by atoms with E-state index in [1.807, 2.05) is 6.92 Å². The van der Waals surface area contributed by atoms with Crippen molar-refractivity contribution < 1.29 is 42.7 Å². The quantitative estimate of drug-likeness (QED) is 0.193. The Kier molecular flexibility index (Phi) is 30.6. The summed E-state index contributed by atoms with van der Waals surface area (Å²) in [4.78, 5) is 0. The summed E-state index contributed by atoms with van der Waals surface area (Å²) in [7, 11) is 0. The van der Waals surface area contributed by atoms with E-state index in [0.29, 0.717) is 22.8 Å². The van der Waals surface area contributed by atoms with Crippen LogP contribution < -0.4 is 0 Å². The van der Waals surface area contributed by atoms with Crippen molar-refractivity contribution in [3.05, 3.63) is 11.7 Å². The van der Waals surface area contributed by atoms with Crippen LogP contribution in [0.25, 0.3) is 5.32 Å². The summed E-state index contributed by atoms with van der Waals surface area (Å²) in [5, 5.41) is 55.8. The zero-order valence-corrected chi connectivity index (χ0v) is 18.5. The van der Waals surface area contributed by atoms with Gasteiger partial charge in [0.2, 0.25) is 0 Å². The first kappa shape index (κ1) is 33.9. The predicted octanol–water partition coefficient (Wildman–Crippen LogP) is 3.51. The van der Waals surface area contributed by atoms with Gasteiger partial charge in [-0.15, -0.1) is 13.1 Å². The number of oxime groups is 4. The molecule has 1 atom stereocenters. The van der Waals surface area contributed by atoms with Crippen molar-refractivity contribution in [2.24, 2.45) is 20.6 Å². The molecular formula is C17H35CoN5O5. The van der Waals surface area contributed by atoms with Crippen molar-refractivity contribution in [1.29, 1.82) is 0 Å². The van der Waals surface area contributed by atoms with Crippen LogP contribution in [0.1, 0.15) is 60.8 Å². The monoisotopic (exact) mass is 448 g/mol. The van der Waals surface area contributed by atoms with Gasteiger partial charge in [0, 0.05) is 0 Å². The molecule has 1 heterocycles. The minimum Gasteiger partial charge on any atom is -0.662 e. The fourth-order valence-corrected chi connectivity index (χ4v) is 1.03. The van der Waals surface area contributed by atoms with E-state index in [1.165, 1.54) is 47.0 Å². The molecule has 0 amide bonds. The molecule has 1 radical (unpaired) electrons. The summed E-state index contributed by atoms with van der Waals surface area (Å²) in [5.41, 5.74) is 1.25. The number of nitrogens with zero attached hydrogens (tertiary/aromatic N) is 5. The summed E-state index contributed by atoms with van der Waals surface area (Å²) in [6, 6.07) is 0. The molecule has 1 saturated heterocycles. The smallest absolute Gasteiger partial charge is 0.662 e. The largest absolute Gasteiger partial charge is 2.00 e. The molecule has 0 aliphatic carbocycles. The van der Waals surface area contributed by atoms with E-state index < -0.39 is 0 Å². The Labute approximate surface area is 178 Å². The Hall–Kier alpha value is -1.69. The van der Waals surface area contributed by atoms with Crippen LogP contribution in [0.5, 0.6) is 0 Å². The molecule has 10 nitrogen and oxygen atoms in total. The number of rotatable bonds is 3. The van der Waals surface area contributed by atoms with Gasteiger partial charge in [-0.25, -0.2) is 0 Å². The summed E-state index contributed by atoms with van der Waals surface area (Å²) >= 11 is 0. The fraction of sp³-hybridized carbons (Fsp3) is 0.706. The second kappa shape index (κ2) is 25.3. The van der Waals surface area contributed by atoms with Crippen molar-refractivity contribution in [2.45, 2.75) is 66.9 Å². The summed E-state index contributed by atoms with van der Waals surface area (Å²) in [6.07, 6.45) is 5.55. The van der Waals surface area contributed by atoms with Gasteiger partial charge < -0.3 is 37.7 Å². The normalized spacial score (nSPS) is 16.0. The molecule has 0 bridgehead atoms. The molecule has 11 heteroatoms. The van der Waals surface area contributed by atoms with Crippen molar-refractivity contribution in [1.82, 2.24) is 0 Å². The summed E-state index contributed by atoms with van der Waals surface area (Å²) in [6.45, 7) is 11.9. The Morgan fingerprint density at radius 3 is 1.07 bits per heavy atom. The van der Waals surface area contributed by atoms with Gasteiger partial charge in [0.15, 0.2) is 0 Å². The number of hydrogen-bond donors (Lipinski definition) is 5. The first-order valence-electron chi connectivity index (χ1n) is 8.57. The molecule has 0 aromatic carbocycles. The average Bonchev–Trinajstić information content (AvgIpc) is 2.73. The van der Waals surface area contributed by atoms with Gasteiger partial charge in [-0.2, -0.15) is 6.92 Å². The first-order valence-corrected chi connectivity index (χ1v) is 8.57. The first-order chi connectivity index (χ1) is 12.7. The maximum atomic E-state index is 8.31. The van der Waals surface area contributed by atoms with Crippen molar-refractivity contribution in [3.63, 3.8) is 0 Å². The number of hydrogen-bond acceptors (Lipinski definition) is 9. The Morgan fingerprint density at radius 1 is 0.750 bits per heavy atom. The van der Waals surface area contributed by atoms with E-state index in [0.717, 1.165) is 13.1 Å². The molecule has 1 unspecified atom stereocenters. The van der Waals surface area contributed by atoms with Gasteiger partial charge in [0.05, 0.1) is 0 Å². The molecule has 0 saturated carbocycles. The van der Waals surface area contributed by atoms with Crippen LogP contribution >= 0.6 is 0 Å². The van der Waals surface area contributed by atoms with Gasteiger partial charge in [0.25, 0.3) is 0 Å². The van der Waals surface area contributed by atoms with Crippen LogP contribution in [-0.4, -0.2) is 68.0 Å². The van der Waals surface area contributed by atoms with E-state index in [1.54, 1.807) is 13.3 Å².